The molecule has 3 rings (SSSR count). The monoisotopic (exact) mass is 394 g/mol. The van der Waals surface area contributed by atoms with Crippen LogP contribution in [0, 0.1) is 0 Å². The van der Waals surface area contributed by atoms with Crippen LogP contribution >= 0.6 is 11.6 Å². The number of hydrogen-bond acceptors (Lipinski definition) is 4. The van der Waals surface area contributed by atoms with E-state index in [1.54, 1.807) is 24.3 Å². The number of benzene rings is 2. The highest BCUT2D eigenvalue weighted by Crippen LogP contribution is 2.25. The fraction of sp³-hybridized carbons (Fsp3) is 0.0952. The number of anilines is 1. The first-order chi connectivity index (χ1) is 13.5. The normalized spacial score (nSPS) is 10.9. The van der Waals surface area contributed by atoms with Gasteiger partial charge in [-0.15, -0.1) is 0 Å². The second kappa shape index (κ2) is 8.54. The number of nitrogen functional groups attached to an aromatic ring is 1. The van der Waals surface area contributed by atoms with Crippen LogP contribution in [0.4, 0.5) is 5.69 Å². The van der Waals surface area contributed by atoms with E-state index in [2.05, 4.69) is 22.8 Å². The van der Waals surface area contributed by atoms with Crippen LogP contribution in [-0.4, -0.2) is 16.8 Å². The second-order valence-corrected chi connectivity index (χ2v) is 6.56. The molecule has 2 amide bonds. The first-order valence-electron chi connectivity index (χ1n) is 8.69. The summed E-state index contributed by atoms with van der Waals surface area (Å²) in [5.41, 5.74) is 13.8. The molecule has 0 radical (unpaired) electrons. The molecule has 142 valence electrons. The maximum atomic E-state index is 12.3. The Balaban J connectivity index is 1.64. The molecule has 0 aliphatic heterocycles. The van der Waals surface area contributed by atoms with E-state index >= 15 is 0 Å². The minimum Gasteiger partial charge on any atom is -0.397 e. The fourth-order valence-electron chi connectivity index (χ4n) is 2.63. The van der Waals surface area contributed by atoms with Crippen molar-refractivity contribution in [3.63, 3.8) is 0 Å². The first-order valence-corrected chi connectivity index (χ1v) is 9.07. The van der Waals surface area contributed by atoms with Crippen molar-refractivity contribution in [3.8, 4) is 0 Å². The summed E-state index contributed by atoms with van der Waals surface area (Å²) >= 11 is 5.98. The van der Waals surface area contributed by atoms with Crippen molar-refractivity contribution >= 4 is 46.1 Å². The van der Waals surface area contributed by atoms with Crippen LogP contribution in [0.1, 0.15) is 28.4 Å². The summed E-state index contributed by atoms with van der Waals surface area (Å²) in [6.07, 6.45) is 5.31. The first kappa shape index (κ1) is 19.4. The van der Waals surface area contributed by atoms with E-state index in [-0.39, 0.29) is 11.3 Å². The number of fused-ring (bicyclic) bond motifs is 1. The number of hydrazine groups is 1. The number of halogens is 1. The molecular formula is C21H19ClN4O2. The smallest absolute Gasteiger partial charge is 0.273 e. The Morgan fingerprint density at radius 3 is 2.61 bits per heavy atom. The number of amides is 2. The summed E-state index contributed by atoms with van der Waals surface area (Å²) < 4.78 is 0. The number of aromatic nitrogens is 1. The highest BCUT2D eigenvalue weighted by Gasteiger charge is 2.14. The third kappa shape index (κ3) is 4.47. The van der Waals surface area contributed by atoms with Crippen LogP contribution in [0.15, 0.2) is 54.7 Å². The molecule has 2 aromatic carbocycles. The molecular weight excluding hydrogens is 376 g/mol. The largest absolute Gasteiger partial charge is 0.397 e. The maximum absolute atomic E-state index is 12.3. The van der Waals surface area contributed by atoms with Gasteiger partial charge < -0.3 is 5.73 Å². The van der Waals surface area contributed by atoms with Crippen LogP contribution < -0.4 is 16.6 Å². The van der Waals surface area contributed by atoms with Gasteiger partial charge in [0.05, 0.1) is 16.8 Å². The van der Waals surface area contributed by atoms with Crippen molar-refractivity contribution in [2.24, 2.45) is 0 Å². The van der Waals surface area contributed by atoms with Crippen LogP contribution in [0.3, 0.4) is 0 Å². The van der Waals surface area contributed by atoms with Crippen molar-refractivity contribution in [1.29, 1.82) is 0 Å². The second-order valence-electron chi connectivity index (χ2n) is 6.12. The Morgan fingerprint density at radius 1 is 1.14 bits per heavy atom. The van der Waals surface area contributed by atoms with E-state index in [9.17, 15) is 9.59 Å². The summed E-state index contributed by atoms with van der Waals surface area (Å²) in [6.45, 7) is 2.08. The molecule has 1 aromatic heterocycles. The molecule has 7 heteroatoms. The molecule has 0 spiro atoms. The third-order valence-electron chi connectivity index (χ3n) is 4.23. The predicted molar refractivity (Wildman–Crippen MR) is 112 cm³/mol. The molecule has 0 unspecified atom stereocenters. The van der Waals surface area contributed by atoms with Gasteiger partial charge in [-0.2, -0.15) is 0 Å². The Kier molecular flexibility index (Phi) is 5.91. The van der Waals surface area contributed by atoms with E-state index in [0.717, 1.165) is 12.0 Å². The van der Waals surface area contributed by atoms with Gasteiger partial charge in [-0.05, 0) is 41.8 Å². The summed E-state index contributed by atoms with van der Waals surface area (Å²) in [4.78, 5) is 28.5. The average Bonchev–Trinajstić information content (AvgIpc) is 2.71. The number of hydrogen-bond donors (Lipinski definition) is 3. The van der Waals surface area contributed by atoms with E-state index < -0.39 is 11.8 Å². The molecule has 28 heavy (non-hydrogen) atoms. The summed E-state index contributed by atoms with van der Waals surface area (Å²) in [5.74, 6) is -1.04. The van der Waals surface area contributed by atoms with Gasteiger partial charge in [-0.3, -0.25) is 25.4 Å². The number of carbonyl (C=O) groups excluding carboxylic acids is 2. The van der Waals surface area contributed by atoms with Gasteiger partial charge in [0.15, 0.2) is 0 Å². The zero-order chi connectivity index (χ0) is 20.1. The highest BCUT2D eigenvalue weighted by atomic mass is 35.5. The van der Waals surface area contributed by atoms with Crippen molar-refractivity contribution in [1.82, 2.24) is 15.8 Å². The van der Waals surface area contributed by atoms with Crippen LogP contribution in [0.25, 0.3) is 17.0 Å². The fourth-order valence-corrected chi connectivity index (χ4v) is 2.80. The lowest BCUT2D eigenvalue weighted by molar-refractivity contribution is -0.117. The van der Waals surface area contributed by atoms with E-state index in [0.29, 0.717) is 15.9 Å². The Bertz CT molecular complexity index is 1060. The predicted octanol–water partition coefficient (Wildman–Crippen LogP) is 3.51. The molecule has 3 aromatic rings. The van der Waals surface area contributed by atoms with Crippen LogP contribution in [0.5, 0.6) is 0 Å². The van der Waals surface area contributed by atoms with Gasteiger partial charge >= 0.3 is 0 Å². The standard InChI is InChI=1S/C21H19ClN4O2/c1-2-13-3-5-14(6-4-13)7-10-19(27)25-26-21(28)17-12-24-18-9-8-15(22)11-16(18)20(17)23/h3-12H,2H2,1H3,(H2,23,24)(H,25,27)(H,26,28)/b10-7+. The van der Waals surface area contributed by atoms with Crippen LogP contribution in [0.2, 0.25) is 5.02 Å². The third-order valence-corrected chi connectivity index (χ3v) is 4.47. The molecule has 0 aliphatic carbocycles. The summed E-state index contributed by atoms with van der Waals surface area (Å²) in [7, 11) is 0. The summed E-state index contributed by atoms with van der Waals surface area (Å²) in [5, 5.41) is 1.06. The Hall–Kier alpha value is -3.38. The van der Waals surface area contributed by atoms with Crippen LogP contribution in [-0.2, 0) is 11.2 Å². The molecule has 6 nitrogen and oxygen atoms in total. The highest BCUT2D eigenvalue weighted by molar-refractivity contribution is 6.31. The number of nitrogens with zero attached hydrogens (tertiary/aromatic N) is 1. The minimum absolute atomic E-state index is 0.147. The van der Waals surface area contributed by atoms with Gasteiger partial charge in [0.25, 0.3) is 11.8 Å². The lowest BCUT2D eigenvalue weighted by Gasteiger charge is -2.09. The molecule has 0 saturated heterocycles. The molecule has 4 N–H and O–H groups in total. The lowest BCUT2D eigenvalue weighted by Crippen LogP contribution is -2.41. The number of nitrogens with one attached hydrogen (secondary N) is 2. The Morgan fingerprint density at radius 2 is 1.89 bits per heavy atom. The van der Waals surface area contributed by atoms with Gasteiger partial charge in [0, 0.05) is 22.7 Å². The average molecular weight is 395 g/mol. The number of aryl methyl sites for hydroxylation is 1. The van der Waals surface area contributed by atoms with E-state index in [4.69, 9.17) is 17.3 Å². The zero-order valence-electron chi connectivity index (χ0n) is 15.2. The van der Waals surface area contributed by atoms with Crippen molar-refractivity contribution in [2.75, 3.05) is 5.73 Å². The number of carbonyl (C=O) groups is 2. The SMILES string of the molecule is CCc1ccc(/C=C/C(=O)NNC(=O)c2cnc3ccc(Cl)cc3c2N)cc1. The Labute approximate surface area is 167 Å². The molecule has 0 aliphatic rings. The molecule has 0 fully saturated rings. The molecule has 0 saturated carbocycles. The quantitative estimate of drug-likeness (QED) is 0.466. The number of pyridine rings is 1. The van der Waals surface area contributed by atoms with Gasteiger partial charge in [-0.1, -0.05) is 42.8 Å². The lowest BCUT2D eigenvalue weighted by atomic mass is 10.1. The number of rotatable bonds is 4. The summed E-state index contributed by atoms with van der Waals surface area (Å²) in [6, 6.07) is 12.9. The zero-order valence-corrected chi connectivity index (χ0v) is 16.0. The van der Waals surface area contributed by atoms with Crippen molar-refractivity contribution in [3.05, 3.63) is 76.5 Å². The topological polar surface area (TPSA) is 97.1 Å². The minimum atomic E-state index is -0.569. The van der Waals surface area contributed by atoms with Gasteiger partial charge in [0.1, 0.15) is 0 Å². The maximum Gasteiger partial charge on any atom is 0.273 e. The van der Waals surface area contributed by atoms with Gasteiger partial charge in [0.2, 0.25) is 0 Å². The molecule has 1 heterocycles. The molecule has 0 bridgehead atoms. The van der Waals surface area contributed by atoms with Crippen molar-refractivity contribution < 1.29 is 9.59 Å². The van der Waals surface area contributed by atoms with Gasteiger partial charge in [-0.25, -0.2) is 0 Å². The van der Waals surface area contributed by atoms with E-state index in [1.165, 1.54) is 17.8 Å². The van der Waals surface area contributed by atoms with E-state index in [1.807, 2.05) is 24.3 Å². The van der Waals surface area contributed by atoms with Crippen molar-refractivity contribution in [2.45, 2.75) is 13.3 Å². The molecule has 0 atom stereocenters. The number of nitrogens with two attached hydrogens (primary N) is 1.